The molecule has 0 radical (unpaired) electrons. The minimum absolute atomic E-state index is 0.253. The fraction of sp³-hybridized carbons (Fsp3) is 0.125. The van der Waals surface area contributed by atoms with Crippen LogP contribution in [0.3, 0.4) is 0 Å². The first-order valence-electron chi connectivity index (χ1n) is 4.63. The summed E-state index contributed by atoms with van der Waals surface area (Å²) in [4.78, 5) is -0.106. The van der Waals surface area contributed by atoms with Crippen molar-refractivity contribution in [3.63, 3.8) is 0 Å². The Morgan fingerprint density at radius 3 is 2.63 bits per heavy atom. The molecule has 0 heterocycles. The lowest BCUT2D eigenvalue weighted by Crippen LogP contribution is -2.24. The number of hydrogen-bond donors (Lipinski definition) is 4. The number of rotatable bonds is 5. The molecule has 106 valence electrons. The van der Waals surface area contributed by atoms with Gasteiger partial charge in [-0.3, -0.25) is 4.55 Å². The van der Waals surface area contributed by atoms with Gasteiger partial charge in [0.2, 0.25) is 0 Å². The predicted octanol–water partition coefficient (Wildman–Crippen LogP) is 1.28. The molecule has 0 atom stereocenters. The van der Waals surface area contributed by atoms with Gasteiger partial charge in [-0.1, -0.05) is 5.04 Å². The van der Waals surface area contributed by atoms with Crippen LogP contribution in [-0.4, -0.2) is 30.4 Å². The minimum Gasteiger partial charge on any atom is -0.366 e. The average molecular weight is 326 g/mol. The van der Waals surface area contributed by atoms with E-state index in [4.69, 9.17) is 22.0 Å². The third-order valence-corrected chi connectivity index (χ3v) is 3.52. The standard InChI is InChI=1S/C8H10N2O6S3/c1-9-8(17)10-5-2-6(18-16-15-11)4-7(3-5)19(12,13)14/h2-4,11H,1H3,(H2,9,10,17)(H,12,13,14). The first kappa shape index (κ1) is 16.1. The third kappa shape index (κ3) is 5.28. The molecule has 0 bridgehead atoms. The molecule has 1 rings (SSSR count). The van der Waals surface area contributed by atoms with Crippen molar-refractivity contribution >= 4 is 45.2 Å². The average Bonchev–Trinajstić information content (AvgIpc) is 2.34. The van der Waals surface area contributed by atoms with Gasteiger partial charge in [0.25, 0.3) is 10.1 Å². The summed E-state index contributed by atoms with van der Waals surface area (Å²) in [7, 11) is -2.81. The van der Waals surface area contributed by atoms with Gasteiger partial charge in [0.15, 0.2) is 5.11 Å². The molecule has 0 aliphatic carbocycles. The molecule has 0 aliphatic heterocycles. The van der Waals surface area contributed by atoms with Crippen LogP contribution >= 0.6 is 24.3 Å². The Balaban J connectivity index is 3.12. The molecule has 0 amide bonds. The highest BCUT2D eigenvalue weighted by atomic mass is 32.2. The van der Waals surface area contributed by atoms with E-state index in [0.29, 0.717) is 17.7 Å². The predicted molar refractivity (Wildman–Crippen MR) is 72.2 cm³/mol. The van der Waals surface area contributed by atoms with Crippen molar-refractivity contribution in [2.45, 2.75) is 9.79 Å². The smallest absolute Gasteiger partial charge is 0.294 e. The first-order chi connectivity index (χ1) is 8.86. The van der Waals surface area contributed by atoms with E-state index in [-0.39, 0.29) is 14.9 Å². The van der Waals surface area contributed by atoms with E-state index < -0.39 is 10.1 Å². The molecule has 4 N–H and O–H groups in total. The van der Waals surface area contributed by atoms with E-state index >= 15 is 0 Å². The Bertz CT molecular complexity index is 562. The molecule has 19 heavy (non-hydrogen) atoms. The van der Waals surface area contributed by atoms with Gasteiger partial charge in [-0.25, -0.2) is 5.26 Å². The Morgan fingerprint density at radius 2 is 2.11 bits per heavy atom. The fourth-order valence-corrected chi connectivity index (χ4v) is 2.29. The zero-order chi connectivity index (χ0) is 14.5. The summed E-state index contributed by atoms with van der Waals surface area (Å²) in [6.07, 6.45) is 0. The molecule has 11 heteroatoms. The molecule has 8 nitrogen and oxygen atoms in total. The molecule has 0 fully saturated rings. The molecule has 1 aromatic rings. The van der Waals surface area contributed by atoms with Crippen LogP contribution in [0.5, 0.6) is 0 Å². The van der Waals surface area contributed by atoms with Crippen LogP contribution < -0.4 is 10.6 Å². The number of hydrogen-bond acceptors (Lipinski definition) is 7. The van der Waals surface area contributed by atoms with Crippen LogP contribution in [-0.2, 0) is 19.5 Å². The second-order valence-electron chi connectivity index (χ2n) is 3.10. The van der Waals surface area contributed by atoms with Crippen LogP contribution in [0.15, 0.2) is 28.0 Å². The van der Waals surface area contributed by atoms with Crippen LogP contribution in [0.1, 0.15) is 0 Å². The molecule has 0 saturated carbocycles. The van der Waals surface area contributed by atoms with Gasteiger partial charge in [-0.05, 0) is 30.4 Å². The van der Waals surface area contributed by atoms with Crippen molar-refractivity contribution in [2.24, 2.45) is 0 Å². The van der Waals surface area contributed by atoms with E-state index in [1.165, 1.54) is 12.1 Å². The second kappa shape index (κ2) is 7.00. The summed E-state index contributed by atoms with van der Waals surface area (Å²) in [6, 6.07) is 3.79. The molecule has 0 aliphatic rings. The number of nitrogens with one attached hydrogen (secondary N) is 2. The van der Waals surface area contributed by atoms with Crippen molar-refractivity contribution in [1.82, 2.24) is 5.32 Å². The Morgan fingerprint density at radius 1 is 1.42 bits per heavy atom. The lowest BCUT2D eigenvalue weighted by atomic mass is 10.3. The van der Waals surface area contributed by atoms with Crippen molar-refractivity contribution in [3.05, 3.63) is 18.2 Å². The van der Waals surface area contributed by atoms with Gasteiger partial charge in [0.1, 0.15) is 0 Å². The van der Waals surface area contributed by atoms with Gasteiger partial charge in [0, 0.05) is 17.6 Å². The summed E-state index contributed by atoms with van der Waals surface area (Å²) in [5.74, 6) is 0. The fourth-order valence-electron chi connectivity index (χ4n) is 1.09. The second-order valence-corrected chi connectivity index (χ2v) is 5.70. The Kier molecular flexibility index (Phi) is 5.93. The molecule has 0 saturated heterocycles. The Hall–Kier alpha value is -0.950. The van der Waals surface area contributed by atoms with E-state index in [9.17, 15) is 8.42 Å². The highest BCUT2D eigenvalue weighted by Gasteiger charge is 2.13. The third-order valence-electron chi connectivity index (χ3n) is 1.82. The van der Waals surface area contributed by atoms with Gasteiger partial charge in [-0.15, -0.1) is 4.33 Å². The molecule has 0 aromatic heterocycles. The topological polar surface area (TPSA) is 117 Å². The lowest BCUT2D eigenvalue weighted by molar-refractivity contribution is -0.432. The van der Waals surface area contributed by atoms with Crippen LogP contribution in [0.4, 0.5) is 5.69 Å². The monoisotopic (exact) mass is 326 g/mol. The summed E-state index contributed by atoms with van der Waals surface area (Å²) < 4.78 is 35.4. The van der Waals surface area contributed by atoms with E-state index in [2.05, 4.69) is 20.0 Å². The summed E-state index contributed by atoms with van der Waals surface area (Å²) in [6.45, 7) is 0. The summed E-state index contributed by atoms with van der Waals surface area (Å²) in [5, 5.41) is 17.0. The van der Waals surface area contributed by atoms with E-state index in [1.54, 1.807) is 7.05 Å². The molecule has 0 unspecified atom stereocenters. The first-order valence-corrected chi connectivity index (χ1v) is 7.22. The summed E-state index contributed by atoms with van der Waals surface area (Å²) >= 11 is 5.42. The van der Waals surface area contributed by atoms with Crippen LogP contribution in [0.2, 0.25) is 0 Å². The SMILES string of the molecule is CNC(=S)Nc1cc(SOOO)cc(S(=O)(=O)O)c1. The highest BCUT2D eigenvalue weighted by molar-refractivity contribution is 7.94. The Labute approximate surface area is 118 Å². The zero-order valence-electron chi connectivity index (χ0n) is 9.48. The molecule has 0 spiro atoms. The van der Waals surface area contributed by atoms with Crippen LogP contribution in [0, 0.1) is 0 Å². The van der Waals surface area contributed by atoms with Crippen molar-refractivity contribution in [3.8, 4) is 0 Å². The quantitative estimate of drug-likeness (QED) is 0.207. The van der Waals surface area contributed by atoms with Gasteiger partial charge in [0.05, 0.1) is 16.9 Å². The molecular weight excluding hydrogens is 316 g/mol. The lowest BCUT2D eigenvalue weighted by Gasteiger charge is -2.10. The van der Waals surface area contributed by atoms with E-state index in [1.807, 2.05) is 0 Å². The summed E-state index contributed by atoms with van der Waals surface area (Å²) in [5.41, 5.74) is 0.304. The maximum Gasteiger partial charge on any atom is 0.294 e. The number of thiocarbonyl (C=S) groups is 1. The largest absolute Gasteiger partial charge is 0.366 e. The van der Waals surface area contributed by atoms with E-state index in [0.717, 1.165) is 6.07 Å². The van der Waals surface area contributed by atoms with Gasteiger partial charge < -0.3 is 10.6 Å². The zero-order valence-corrected chi connectivity index (χ0v) is 11.9. The van der Waals surface area contributed by atoms with Crippen molar-refractivity contribution < 1.29 is 27.6 Å². The van der Waals surface area contributed by atoms with Crippen molar-refractivity contribution in [1.29, 1.82) is 0 Å². The maximum absolute atomic E-state index is 11.1. The van der Waals surface area contributed by atoms with Crippen LogP contribution in [0.25, 0.3) is 0 Å². The van der Waals surface area contributed by atoms with Crippen molar-refractivity contribution in [2.75, 3.05) is 12.4 Å². The van der Waals surface area contributed by atoms with Gasteiger partial charge in [-0.2, -0.15) is 8.42 Å². The molecular formula is C8H10N2O6S3. The molecule has 1 aromatic carbocycles. The number of benzene rings is 1. The maximum atomic E-state index is 11.1. The highest BCUT2D eigenvalue weighted by Crippen LogP contribution is 2.27. The normalized spacial score (nSPS) is 11.1. The minimum atomic E-state index is -4.39. The van der Waals surface area contributed by atoms with Gasteiger partial charge >= 0.3 is 0 Å². The number of anilines is 1.